The number of allylic oxidation sites excluding steroid dienone is 1. The quantitative estimate of drug-likeness (QED) is 0.671. The first kappa shape index (κ1) is 10.0. The summed E-state index contributed by atoms with van der Waals surface area (Å²) < 4.78 is 0. The Hall–Kier alpha value is -0.500. The number of nitrogens with two attached hydrogens (primary N) is 2. The zero-order valence-electron chi connectivity index (χ0n) is 9.56. The molecule has 0 radical (unpaired) electrons. The highest BCUT2D eigenvalue weighted by Gasteiger charge is 2.59. The van der Waals surface area contributed by atoms with E-state index in [0.29, 0.717) is 17.4 Å². The average Bonchev–Trinajstić information content (AvgIpc) is 2.47. The molecule has 2 fully saturated rings. The second-order valence-electron chi connectivity index (χ2n) is 5.70. The van der Waals surface area contributed by atoms with Crippen molar-refractivity contribution in [3.05, 3.63) is 11.3 Å². The van der Waals surface area contributed by atoms with Gasteiger partial charge in [-0.2, -0.15) is 0 Å². The molecule has 0 aromatic carbocycles. The molecule has 2 atom stereocenters. The molecule has 0 amide bonds. The van der Waals surface area contributed by atoms with E-state index >= 15 is 0 Å². The van der Waals surface area contributed by atoms with E-state index in [2.05, 4.69) is 20.8 Å². The maximum atomic E-state index is 6.03. The third-order valence-electron chi connectivity index (χ3n) is 5.16. The molecule has 14 heavy (non-hydrogen) atoms. The number of rotatable bonds is 1. The largest absolute Gasteiger partial charge is 0.401 e. The minimum Gasteiger partial charge on any atom is -0.401 e. The second-order valence-corrected chi connectivity index (χ2v) is 5.70. The molecule has 0 saturated heterocycles. The van der Waals surface area contributed by atoms with Gasteiger partial charge < -0.3 is 11.5 Å². The van der Waals surface area contributed by atoms with E-state index in [0.717, 1.165) is 11.6 Å². The topological polar surface area (TPSA) is 52.0 Å². The molecule has 2 nitrogen and oxygen atoms in total. The zero-order valence-corrected chi connectivity index (χ0v) is 9.56. The lowest BCUT2D eigenvalue weighted by molar-refractivity contribution is 0.178. The summed E-state index contributed by atoms with van der Waals surface area (Å²) in [4.78, 5) is 0. The van der Waals surface area contributed by atoms with Crippen molar-refractivity contribution in [2.75, 3.05) is 6.54 Å². The molecule has 2 rings (SSSR count). The smallest absolute Gasteiger partial charge is 0.0326 e. The van der Waals surface area contributed by atoms with Crippen LogP contribution < -0.4 is 11.5 Å². The van der Waals surface area contributed by atoms with Crippen molar-refractivity contribution in [1.29, 1.82) is 0 Å². The Morgan fingerprint density at radius 3 is 2.43 bits per heavy atom. The Morgan fingerprint density at radius 1 is 1.43 bits per heavy atom. The van der Waals surface area contributed by atoms with Gasteiger partial charge >= 0.3 is 0 Å². The first-order chi connectivity index (χ1) is 6.43. The highest BCUT2D eigenvalue weighted by molar-refractivity contribution is 5.32. The van der Waals surface area contributed by atoms with Gasteiger partial charge in [-0.1, -0.05) is 20.8 Å². The summed E-state index contributed by atoms with van der Waals surface area (Å²) in [5.74, 6) is 0.826. The SMILES string of the molecule is CC12CCC(CC1=C(N)CN)C2(C)C. The van der Waals surface area contributed by atoms with E-state index < -0.39 is 0 Å². The van der Waals surface area contributed by atoms with Gasteiger partial charge in [0.1, 0.15) is 0 Å². The highest BCUT2D eigenvalue weighted by Crippen LogP contribution is 2.68. The molecule has 80 valence electrons. The molecule has 2 heteroatoms. The van der Waals surface area contributed by atoms with E-state index in [4.69, 9.17) is 11.5 Å². The molecule has 2 aliphatic rings. The Kier molecular flexibility index (Phi) is 1.97. The molecule has 2 aliphatic carbocycles. The summed E-state index contributed by atoms with van der Waals surface area (Å²) >= 11 is 0. The van der Waals surface area contributed by atoms with Crippen molar-refractivity contribution >= 4 is 0 Å². The van der Waals surface area contributed by atoms with Crippen LogP contribution in [0.25, 0.3) is 0 Å². The molecule has 2 unspecified atom stereocenters. The molecular formula is C12H22N2. The van der Waals surface area contributed by atoms with Gasteiger partial charge in [0.05, 0.1) is 0 Å². The van der Waals surface area contributed by atoms with Crippen molar-refractivity contribution in [3.63, 3.8) is 0 Å². The number of hydrogen-bond donors (Lipinski definition) is 2. The fourth-order valence-corrected chi connectivity index (χ4v) is 3.57. The first-order valence-electron chi connectivity index (χ1n) is 5.61. The van der Waals surface area contributed by atoms with Crippen LogP contribution in [-0.2, 0) is 0 Å². The molecule has 0 aromatic rings. The van der Waals surface area contributed by atoms with E-state index in [9.17, 15) is 0 Å². The Labute approximate surface area is 86.7 Å². The van der Waals surface area contributed by atoms with Gasteiger partial charge in [0.25, 0.3) is 0 Å². The van der Waals surface area contributed by atoms with Crippen LogP contribution in [0.2, 0.25) is 0 Å². The molecule has 0 spiro atoms. The summed E-state index contributed by atoms with van der Waals surface area (Å²) in [7, 11) is 0. The van der Waals surface area contributed by atoms with Gasteiger partial charge in [-0.25, -0.2) is 0 Å². The molecule has 0 aliphatic heterocycles. The molecule has 0 heterocycles. The zero-order chi connectivity index (χ0) is 10.6. The maximum absolute atomic E-state index is 6.03. The predicted molar refractivity (Wildman–Crippen MR) is 59.5 cm³/mol. The van der Waals surface area contributed by atoms with Crippen LogP contribution in [-0.4, -0.2) is 6.54 Å². The average molecular weight is 194 g/mol. The van der Waals surface area contributed by atoms with Crippen LogP contribution in [0.3, 0.4) is 0 Å². The molecule has 2 saturated carbocycles. The third-order valence-corrected chi connectivity index (χ3v) is 5.16. The van der Waals surface area contributed by atoms with Crippen molar-refractivity contribution in [2.45, 2.75) is 40.0 Å². The first-order valence-corrected chi connectivity index (χ1v) is 5.61. The van der Waals surface area contributed by atoms with Gasteiger partial charge in [0.15, 0.2) is 0 Å². The van der Waals surface area contributed by atoms with Gasteiger partial charge in [0, 0.05) is 12.2 Å². The van der Waals surface area contributed by atoms with Gasteiger partial charge in [-0.3, -0.25) is 0 Å². The molecule has 0 aromatic heterocycles. The van der Waals surface area contributed by atoms with Crippen LogP contribution in [0, 0.1) is 16.7 Å². The lowest BCUT2D eigenvalue weighted by Gasteiger charge is -2.36. The van der Waals surface area contributed by atoms with Crippen LogP contribution in [0.1, 0.15) is 40.0 Å². The molecule has 2 bridgehead atoms. The normalized spacial score (nSPS) is 43.0. The highest BCUT2D eigenvalue weighted by atomic mass is 14.7. The van der Waals surface area contributed by atoms with Gasteiger partial charge in [0.2, 0.25) is 0 Å². The number of fused-ring (bicyclic) bond motifs is 2. The second kappa shape index (κ2) is 2.75. The van der Waals surface area contributed by atoms with E-state index in [-0.39, 0.29) is 0 Å². The van der Waals surface area contributed by atoms with Crippen LogP contribution in [0.5, 0.6) is 0 Å². The van der Waals surface area contributed by atoms with Crippen molar-refractivity contribution in [2.24, 2.45) is 28.2 Å². The van der Waals surface area contributed by atoms with E-state index in [1.54, 1.807) is 0 Å². The molecular weight excluding hydrogens is 172 g/mol. The lowest BCUT2D eigenvalue weighted by atomic mass is 9.69. The summed E-state index contributed by atoms with van der Waals surface area (Å²) in [6.07, 6.45) is 3.85. The maximum Gasteiger partial charge on any atom is 0.0326 e. The standard InChI is InChI=1S/C12H22N2/c1-11(2)8-4-5-12(11,3)9(6-8)10(14)7-13/h8H,4-7,13-14H2,1-3H3. The number of hydrogen-bond acceptors (Lipinski definition) is 2. The van der Waals surface area contributed by atoms with Crippen LogP contribution in [0.15, 0.2) is 11.3 Å². The fourth-order valence-electron chi connectivity index (χ4n) is 3.57. The minimum absolute atomic E-state index is 0.321. The van der Waals surface area contributed by atoms with Crippen molar-refractivity contribution in [1.82, 2.24) is 0 Å². The van der Waals surface area contributed by atoms with Crippen LogP contribution in [0.4, 0.5) is 0 Å². The Bertz CT molecular complexity index is 291. The fraction of sp³-hybridized carbons (Fsp3) is 0.833. The van der Waals surface area contributed by atoms with Crippen LogP contribution >= 0.6 is 0 Å². The van der Waals surface area contributed by atoms with E-state index in [1.807, 2.05) is 0 Å². The third kappa shape index (κ3) is 0.952. The Balaban J connectivity index is 2.46. The predicted octanol–water partition coefficient (Wildman–Crippen LogP) is 2.00. The van der Waals surface area contributed by atoms with Crippen molar-refractivity contribution < 1.29 is 0 Å². The minimum atomic E-state index is 0.321. The van der Waals surface area contributed by atoms with Gasteiger partial charge in [-0.15, -0.1) is 0 Å². The summed E-state index contributed by atoms with van der Waals surface area (Å²) in [5, 5.41) is 0. The lowest BCUT2D eigenvalue weighted by Crippen LogP contribution is -2.30. The Morgan fingerprint density at radius 2 is 2.07 bits per heavy atom. The summed E-state index contributed by atoms with van der Waals surface area (Å²) in [5.41, 5.74) is 14.8. The van der Waals surface area contributed by atoms with E-state index in [1.165, 1.54) is 24.8 Å². The summed E-state index contributed by atoms with van der Waals surface area (Å²) in [6, 6.07) is 0. The molecule has 4 N–H and O–H groups in total. The monoisotopic (exact) mass is 194 g/mol. The van der Waals surface area contributed by atoms with Gasteiger partial charge in [-0.05, 0) is 41.6 Å². The van der Waals surface area contributed by atoms with Crippen molar-refractivity contribution in [3.8, 4) is 0 Å². The summed E-state index contributed by atoms with van der Waals surface area (Å²) in [6.45, 7) is 7.68.